The molecule has 0 aliphatic rings. The van der Waals surface area contributed by atoms with Gasteiger partial charge in [-0.25, -0.2) is 0 Å². The zero-order valence-electron chi connectivity index (χ0n) is 7.08. The standard InChI is InChI=1S/C10H11NO/c1-3-10(12)6-9-4-5-11-7-8(9)2/h3-5,7H,1,6H2,2H3. The second-order valence-electron chi connectivity index (χ2n) is 2.65. The highest BCUT2D eigenvalue weighted by Gasteiger charge is 2.01. The summed E-state index contributed by atoms with van der Waals surface area (Å²) in [7, 11) is 0. The van der Waals surface area contributed by atoms with Gasteiger partial charge in [0.2, 0.25) is 0 Å². The van der Waals surface area contributed by atoms with Gasteiger partial charge < -0.3 is 0 Å². The van der Waals surface area contributed by atoms with Crippen LogP contribution in [0.25, 0.3) is 0 Å². The lowest BCUT2D eigenvalue weighted by molar-refractivity contribution is -0.114. The number of pyridine rings is 1. The molecule has 0 spiro atoms. The zero-order valence-corrected chi connectivity index (χ0v) is 7.08. The molecule has 0 aliphatic carbocycles. The van der Waals surface area contributed by atoms with E-state index in [0.717, 1.165) is 11.1 Å². The molecule has 0 bridgehead atoms. The summed E-state index contributed by atoms with van der Waals surface area (Å²) in [5.74, 6) is 0.0456. The number of aromatic nitrogens is 1. The molecule has 0 atom stereocenters. The Labute approximate surface area is 71.9 Å². The van der Waals surface area contributed by atoms with Crippen molar-refractivity contribution in [3.8, 4) is 0 Å². The van der Waals surface area contributed by atoms with E-state index in [1.165, 1.54) is 6.08 Å². The van der Waals surface area contributed by atoms with E-state index in [-0.39, 0.29) is 5.78 Å². The van der Waals surface area contributed by atoms with E-state index in [4.69, 9.17) is 0 Å². The highest BCUT2D eigenvalue weighted by Crippen LogP contribution is 2.05. The van der Waals surface area contributed by atoms with E-state index in [1.54, 1.807) is 12.4 Å². The first-order valence-corrected chi connectivity index (χ1v) is 3.79. The van der Waals surface area contributed by atoms with Gasteiger partial charge in [0.05, 0.1) is 0 Å². The van der Waals surface area contributed by atoms with Gasteiger partial charge >= 0.3 is 0 Å². The summed E-state index contributed by atoms with van der Waals surface area (Å²) >= 11 is 0. The van der Waals surface area contributed by atoms with E-state index >= 15 is 0 Å². The largest absolute Gasteiger partial charge is 0.295 e. The van der Waals surface area contributed by atoms with Gasteiger partial charge in [-0.05, 0) is 30.2 Å². The number of carbonyl (C=O) groups excluding carboxylic acids is 1. The molecule has 2 nitrogen and oxygen atoms in total. The highest BCUT2D eigenvalue weighted by atomic mass is 16.1. The number of ketones is 1. The molecule has 1 aromatic heterocycles. The number of allylic oxidation sites excluding steroid dienone is 1. The molecule has 0 N–H and O–H groups in total. The fraction of sp³-hybridized carbons (Fsp3) is 0.200. The summed E-state index contributed by atoms with van der Waals surface area (Å²) in [5.41, 5.74) is 2.07. The summed E-state index contributed by atoms with van der Waals surface area (Å²) < 4.78 is 0. The van der Waals surface area contributed by atoms with E-state index in [0.29, 0.717) is 6.42 Å². The van der Waals surface area contributed by atoms with Crippen LogP contribution in [-0.4, -0.2) is 10.8 Å². The van der Waals surface area contributed by atoms with Gasteiger partial charge in [0.1, 0.15) is 0 Å². The van der Waals surface area contributed by atoms with Gasteiger partial charge in [0, 0.05) is 18.8 Å². The lowest BCUT2D eigenvalue weighted by Gasteiger charge is -2.00. The topological polar surface area (TPSA) is 30.0 Å². The van der Waals surface area contributed by atoms with E-state index in [9.17, 15) is 4.79 Å². The van der Waals surface area contributed by atoms with Crippen LogP contribution >= 0.6 is 0 Å². The fourth-order valence-electron chi connectivity index (χ4n) is 0.960. The predicted molar refractivity (Wildman–Crippen MR) is 47.9 cm³/mol. The summed E-state index contributed by atoms with van der Waals surface area (Å²) in [6.07, 6.45) is 5.22. The molecule has 2 heteroatoms. The first-order valence-electron chi connectivity index (χ1n) is 3.79. The third-order valence-corrected chi connectivity index (χ3v) is 1.73. The van der Waals surface area contributed by atoms with Crippen LogP contribution in [0.3, 0.4) is 0 Å². The highest BCUT2D eigenvalue weighted by molar-refractivity contribution is 5.90. The minimum atomic E-state index is 0.0456. The Morgan fingerprint density at radius 1 is 1.75 bits per heavy atom. The molecule has 0 amide bonds. The van der Waals surface area contributed by atoms with Crippen molar-refractivity contribution >= 4 is 5.78 Å². The lowest BCUT2D eigenvalue weighted by atomic mass is 10.1. The molecule has 0 saturated carbocycles. The van der Waals surface area contributed by atoms with Crippen LogP contribution in [0.5, 0.6) is 0 Å². The molecule has 0 fully saturated rings. The van der Waals surface area contributed by atoms with Crippen LogP contribution in [-0.2, 0) is 11.2 Å². The number of hydrogen-bond acceptors (Lipinski definition) is 2. The van der Waals surface area contributed by atoms with Crippen molar-refractivity contribution in [3.05, 3.63) is 42.2 Å². The van der Waals surface area contributed by atoms with Crippen LogP contribution in [0.1, 0.15) is 11.1 Å². The van der Waals surface area contributed by atoms with Crippen molar-refractivity contribution < 1.29 is 4.79 Å². The van der Waals surface area contributed by atoms with Crippen LogP contribution in [0.4, 0.5) is 0 Å². The third kappa shape index (κ3) is 2.02. The molecule has 62 valence electrons. The van der Waals surface area contributed by atoms with Gasteiger partial charge in [-0.2, -0.15) is 0 Å². The van der Waals surface area contributed by atoms with Gasteiger partial charge in [0.25, 0.3) is 0 Å². The SMILES string of the molecule is C=CC(=O)Cc1ccncc1C. The quantitative estimate of drug-likeness (QED) is 0.631. The smallest absolute Gasteiger partial charge is 0.159 e. The molecule has 0 radical (unpaired) electrons. The molecule has 0 unspecified atom stereocenters. The van der Waals surface area contributed by atoms with Crippen LogP contribution in [0.15, 0.2) is 31.1 Å². The Morgan fingerprint density at radius 3 is 3.08 bits per heavy atom. The molecular formula is C10H11NO. The Balaban J connectivity index is 2.82. The summed E-state index contributed by atoms with van der Waals surface area (Å²) in [6, 6.07) is 1.86. The number of nitrogens with zero attached hydrogens (tertiary/aromatic N) is 1. The fourth-order valence-corrected chi connectivity index (χ4v) is 0.960. The number of rotatable bonds is 3. The van der Waals surface area contributed by atoms with Crippen molar-refractivity contribution in [1.82, 2.24) is 4.98 Å². The maximum absolute atomic E-state index is 11.0. The Bertz CT molecular complexity index is 304. The number of hydrogen-bond donors (Lipinski definition) is 0. The first kappa shape index (κ1) is 8.65. The predicted octanol–water partition coefficient (Wildman–Crippen LogP) is 1.69. The minimum Gasteiger partial charge on any atom is -0.295 e. The Hall–Kier alpha value is -1.44. The monoisotopic (exact) mass is 161 g/mol. The zero-order chi connectivity index (χ0) is 8.97. The minimum absolute atomic E-state index is 0.0456. The maximum Gasteiger partial charge on any atom is 0.159 e. The van der Waals surface area contributed by atoms with Crippen molar-refractivity contribution in [2.45, 2.75) is 13.3 Å². The second kappa shape index (κ2) is 3.81. The van der Waals surface area contributed by atoms with Gasteiger partial charge in [0.15, 0.2) is 5.78 Å². The van der Waals surface area contributed by atoms with Crippen LogP contribution < -0.4 is 0 Å². The average Bonchev–Trinajstić information content (AvgIpc) is 2.09. The van der Waals surface area contributed by atoms with Crippen LogP contribution in [0, 0.1) is 6.92 Å². The summed E-state index contributed by atoms with van der Waals surface area (Å²) in [6.45, 7) is 5.36. The van der Waals surface area contributed by atoms with E-state index in [1.807, 2.05) is 13.0 Å². The number of aryl methyl sites for hydroxylation is 1. The average molecular weight is 161 g/mol. The molecule has 1 rings (SSSR count). The van der Waals surface area contributed by atoms with Crippen molar-refractivity contribution in [2.24, 2.45) is 0 Å². The van der Waals surface area contributed by atoms with E-state index in [2.05, 4.69) is 11.6 Å². The van der Waals surface area contributed by atoms with Crippen LogP contribution in [0.2, 0.25) is 0 Å². The summed E-state index contributed by atoms with van der Waals surface area (Å²) in [4.78, 5) is 14.9. The van der Waals surface area contributed by atoms with Crippen molar-refractivity contribution in [3.63, 3.8) is 0 Å². The summed E-state index contributed by atoms with van der Waals surface area (Å²) in [5, 5.41) is 0. The molecule has 12 heavy (non-hydrogen) atoms. The van der Waals surface area contributed by atoms with Gasteiger partial charge in [-0.1, -0.05) is 6.58 Å². The normalized spacial score (nSPS) is 9.42. The molecule has 0 aliphatic heterocycles. The van der Waals surface area contributed by atoms with Gasteiger partial charge in [-0.15, -0.1) is 0 Å². The lowest BCUT2D eigenvalue weighted by Crippen LogP contribution is -1.99. The van der Waals surface area contributed by atoms with Crippen molar-refractivity contribution in [1.29, 1.82) is 0 Å². The molecule has 1 aromatic rings. The first-order chi connectivity index (χ1) is 5.74. The van der Waals surface area contributed by atoms with Gasteiger partial charge in [-0.3, -0.25) is 9.78 Å². The molecule has 0 aromatic carbocycles. The Morgan fingerprint density at radius 2 is 2.50 bits per heavy atom. The second-order valence-corrected chi connectivity index (χ2v) is 2.65. The Kier molecular flexibility index (Phi) is 2.75. The maximum atomic E-state index is 11.0. The third-order valence-electron chi connectivity index (χ3n) is 1.73. The molecular weight excluding hydrogens is 150 g/mol. The molecule has 1 heterocycles. The van der Waals surface area contributed by atoms with Crippen molar-refractivity contribution in [2.75, 3.05) is 0 Å². The van der Waals surface area contributed by atoms with E-state index < -0.39 is 0 Å². The number of carbonyl (C=O) groups is 1. The molecule has 0 saturated heterocycles.